The Labute approximate surface area is 130 Å². The van der Waals surface area contributed by atoms with Crippen molar-refractivity contribution in [2.75, 3.05) is 13.2 Å². The predicted molar refractivity (Wildman–Crippen MR) is 84.9 cm³/mol. The van der Waals surface area contributed by atoms with Gasteiger partial charge in [-0.1, -0.05) is 42.5 Å². The summed E-state index contributed by atoms with van der Waals surface area (Å²) in [7, 11) is 0. The van der Waals surface area contributed by atoms with Gasteiger partial charge in [-0.3, -0.25) is 4.79 Å². The Bertz CT molecular complexity index is 710. The van der Waals surface area contributed by atoms with E-state index in [2.05, 4.69) is 24.3 Å². The molecule has 1 amide bonds. The molecule has 3 heteroatoms. The number of carbonyl (C=O) groups excluding carboxylic acids is 1. The summed E-state index contributed by atoms with van der Waals surface area (Å²) in [6, 6.07) is 16.4. The smallest absolute Gasteiger partial charge is 0.230 e. The van der Waals surface area contributed by atoms with Crippen molar-refractivity contribution in [2.24, 2.45) is 0 Å². The standard InChI is InChI=1S/C19H19NO2/c21-19(17-10-12-22-18-8-4-3-7-16(17)18)20-11-9-14-5-1-2-6-15(14)13-20/h1-8,17H,9-13H2. The van der Waals surface area contributed by atoms with Crippen LogP contribution >= 0.6 is 0 Å². The molecule has 2 aliphatic heterocycles. The van der Waals surface area contributed by atoms with Gasteiger partial charge in [0.05, 0.1) is 12.5 Å². The molecule has 4 rings (SSSR count). The molecule has 0 saturated carbocycles. The number of para-hydroxylation sites is 1. The molecule has 1 atom stereocenters. The van der Waals surface area contributed by atoms with Crippen LogP contribution in [-0.4, -0.2) is 24.0 Å². The van der Waals surface area contributed by atoms with Crippen molar-refractivity contribution in [3.63, 3.8) is 0 Å². The highest BCUT2D eigenvalue weighted by molar-refractivity contribution is 5.85. The van der Waals surface area contributed by atoms with Crippen molar-refractivity contribution in [3.8, 4) is 5.75 Å². The zero-order valence-electron chi connectivity index (χ0n) is 12.5. The Morgan fingerprint density at radius 3 is 2.73 bits per heavy atom. The number of hydrogen-bond donors (Lipinski definition) is 0. The summed E-state index contributed by atoms with van der Waals surface area (Å²) in [6.45, 7) is 2.17. The normalized spacial score (nSPS) is 19.8. The van der Waals surface area contributed by atoms with E-state index < -0.39 is 0 Å². The van der Waals surface area contributed by atoms with Crippen LogP contribution in [0, 0.1) is 0 Å². The average molecular weight is 293 g/mol. The second-order valence-corrected chi connectivity index (χ2v) is 6.01. The highest BCUT2D eigenvalue weighted by atomic mass is 16.5. The molecule has 22 heavy (non-hydrogen) atoms. The lowest BCUT2D eigenvalue weighted by Crippen LogP contribution is -2.40. The van der Waals surface area contributed by atoms with E-state index >= 15 is 0 Å². The minimum atomic E-state index is -0.0600. The van der Waals surface area contributed by atoms with Gasteiger partial charge in [0.1, 0.15) is 5.75 Å². The van der Waals surface area contributed by atoms with Gasteiger partial charge in [-0.25, -0.2) is 0 Å². The fourth-order valence-corrected chi connectivity index (χ4v) is 3.50. The predicted octanol–water partition coefficient (Wildman–Crippen LogP) is 3.14. The van der Waals surface area contributed by atoms with Crippen LogP contribution < -0.4 is 4.74 Å². The van der Waals surface area contributed by atoms with Crippen LogP contribution in [0.2, 0.25) is 0 Å². The van der Waals surface area contributed by atoms with Crippen LogP contribution in [-0.2, 0) is 17.8 Å². The lowest BCUT2D eigenvalue weighted by atomic mass is 9.90. The Hall–Kier alpha value is -2.29. The molecular weight excluding hydrogens is 274 g/mol. The summed E-state index contributed by atoms with van der Waals surface area (Å²) in [5.41, 5.74) is 3.69. The second-order valence-electron chi connectivity index (χ2n) is 6.01. The molecule has 112 valence electrons. The van der Waals surface area contributed by atoms with Crippen molar-refractivity contribution >= 4 is 5.91 Å². The number of fused-ring (bicyclic) bond motifs is 2. The third-order valence-electron chi connectivity index (χ3n) is 4.70. The van der Waals surface area contributed by atoms with Crippen LogP contribution in [0.5, 0.6) is 5.75 Å². The highest BCUT2D eigenvalue weighted by Crippen LogP contribution is 2.35. The first-order valence-corrected chi connectivity index (χ1v) is 7.90. The molecular formula is C19H19NO2. The SMILES string of the molecule is O=C(C1CCOc2ccccc21)N1CCc2ccccc2C1. The van der Waals surface area contributed by atoms with E-state index in [1.807, 2.05) is 29.2 Å². The average Bonchev–Trinajstić information content (AvgIpc) is 2.60. The van der Waals surface area contributed by atoms with Gasteiger partial charge in [0, 0.05) is 18.7 Å². The Kier molecular flexibility index (Phi) is 3.34. The number of nitrogens with zero attached hydrogens (tertiary/aromatic N) is 1. The Balaban J connectivity index is 1.59. The largest absolute Gasteiger partial charge is 0.493 e. The molecule has 0 aliphatic carbocycles. The van der Waals surface area contributed by atoms with E-state index in [0.29, 0.717) is 6.61 Å². The van der Waals surface area contributed by atoms with Gasteiger partial charge in [-0.05, 0) is 30.0 Å². The number of amides is 1. The molecule has 0 fully saturated rings. The maximum atomic E-state index is 13.0. The maximum absolute atomic E-state index is 13.0. The van der Waals surface area contributed by atoms with Gasteiger partial charge >= 0.3 is 0 Å². The Morgan fingerprint density at radius 2 is 1.82 bits per heavy atom. The molecule has 0 N–H and O–H groups in total. The number of ether oxygens (including phenoxy) is 1. The molecule has 2 aromatic carbocycles. The molecule has 0 bridgehead atoms. The van der Waals surface area contributed by atoms with E-state index in [-0.39, 0.29) is 11.8 Å². The summed E-state index contributed by atoms with van der Waals surface area (Å²) in [5.74, 6) is 1.05. The zero-order chi connectivity index (χ0) is 14.9. The summed E-state index contributed by atoms with van der Waals surface area (Å²) in [5, 5.41) is 0. The van der Waals surface area contributed by atoms with Gasteiger partial charge in [0.15, 0.2) is 0 Å². The van der Waals surface area contributed by atoms with Crippen molar-refractivity contribution in [1.29, 1.82) is 0 Å². The fourth-order valence-electron chi connectivity index (χ4n) is 3.50. The van der Waals surface area contributed by atoms with Gasteiger partial charge in [-0.15, -0.1) is 0 Å². The molecule has 0 spiro atoms. The number of carbonyl (C=O) groups is 1. The van der Waals surface area contributed by atoms with Crippen LogP contribution in [0.4, 0.5) is 0 Å². The fraction of sp³-hybridized carbons (Fsp3) is 0.316. The van der Waals surface area contributed by atoms with Crippen molar-refractivity contribution in [1.82, 2.24) is 4.90 Å². The van der Waals surface area contributed by atoms with E-state index in [4.69, 9.17) is 4.74 Å². The van der Waals surface area contributed by atoms with Crippen LogP contribution in [0.25, 0.3) is 0 Å². The van der Waals surface area contributed by atoms with Crippen LogP contribution in [0.1, 0.15) is 29.0 Å². The van der Waals surface area contributed by atoms with Crippen LogP contribution in [0.3, 0.4) is 0 Å². The lowest BCUT2D eigenvalue weighted by molar-refractivity contribution is -0.134. The first-order chi connectivity index (χ1) is 10.8. The van der Waals surface area contributed by atoms with Gasteiger partial charge in [0.25, 0.3) is 0 Å². The minimum absolute atomic E-state index is 0.0600. The van der Waals surface area contributed by atoms with Crippen molar-refractivity contribution < 1.29 is 9.53 Å². The summed E-state index contributed by atoms with van der Waals surface area (Å²) < 4.78 is 5.68. The molecule has 0 saturated heterocycles. The van der Waals surface area contributed by atoms with Crippen LogP contribution in [0.15, 0.2) is 48.5 Å². The first-order valence-electron chi connectivity index (χ1n) is 7.90. The zero-order valence-corrected chi connectivity index (χ0v) is 12.5. The molecule has 2 heterocycles. The summed E-state index contributed by atoms with van der Waals surface area (Å²) in [4.78, 5) is 15.0. The second kappa shape index (κ2) is 5.48. The number of hydrogen-bond acceptors (Lipinski definition) is 2. The quantitative estimate of drug-likeness (QED) is 0.808. The number of rotatable bonds is 1. The highest BCUT2D eigenvalue weighted by Gasteiger charge is 2.32. The monoisotopic (exact) mass is 293 g/mol. The maximum Gasteiger partial charge on any atom is 0.230 e. The first kappa shape index (κ1) is 13.4. The van der Waals surface area contributed by atoms with E-state index in [9.17, 15) is 4.79 Å². The summed E-state index contributed by atoms with van der Waals surface area (Å²) in [6.07, 6.45) is 1.72. The van der Waals surface area contributed by atoms with Crippen molar-refractivity contribution in [2.45, 2.75) is 25.3 Å². The third kappa shape index (κ3) is 2.27. The van der Waals surface area contributed by atoms with Crippen molar-refractivity contribution in [3.05, 3.63) is 65.2 Å². The van der Waals surface area contributed by atoms with E-state index in [1.54, 1.807) is 0 Å². The Morgan fingerprint density at radius 1 is 1.05 bits per heavy atom. The van der Waals surface area contributed by atoms with Gasteiger partial charge in [0.2, 0.25) is 5.91 Å². The number of benzene rings is 2. The third-order valence-corrected chi connectivity index (χ3v) is 4.70. The molecule has 2 aromatic rings. The van der Waals surface area contributed by atoms with Gasteiger partial charge < -0.3 is 9.64 Å². The molecule has 0 radical (unpaired) electrons. The topological polar surface area (TPSA) is 29.5 Å². The minimum Gasteiger partial charge on any atom is -0.493 e. The van der Waals surface area contributed by atoms with E-state index in [1.165, 1.54) is 11.1 Å². The molecule has 3 nitrogen and oxygen atoms in total. The summed E-state index contributed by atoms with van der Waals surface area (Å²) >= 11 is 0. The molecule has 2 aliphatic rings. The lowest BCUT2D eigenvalue weighted by Gasteiger charge is -2.34. The van der Waals surface area contributed by atoms with E-state index in [0.717, 1.165) is 37.2 Å². The molecule has 1 unspecified atom stereocenters. The van der Waals surface area contributed by atoms with Gasteiger partial charge in [-0.2, -0.15) is 0 Å². The molecule has 0 aromatic heterocycles.